The van der Waals surface area contributed by atoms with E-state index in [4.69, 9.17) is 4.74 Å². The Morgan fingerprint density at radius 3 is 3.06 bits per heavy atom. The van der Waals surface area contributed by atoms with Crippen LogP contribution < -0.4 is 10.1 Å². The molecule has 0 spiro atoms. The lowest BCUT2D eigenvalue weighted by molar-refractivity contribution is 0.340. The molecule has 1 saturated carbocycles. The summed E-state index contributed by atoms with van der Waals surface area (Å²) < 4.78 is 10.1. The molecule has 0 amide bonds. The van der Waals surface area contributed by atoms with Crippen LogP contribution in [0.15, 0.2) is 24.3 Å². The fourth-order valence-corrected chi connectivity index (χ4v) is 2.92. The third-order valence-corrected chi connectivity index (χ3v) is 4.02. The van der Waals surface area contributed by atoms with Crippen molar-refractivity contribution in [3.8, 4) is 5.75 Å². The number of ether oxygens (including phenoxy) is 1. The molecule has 2 aromatic rings. The highest BCUT2D eigenvalue weighted by Gasteiger charge is 2.29. The first-order valence-electron chi connectivity index (χ1n) is 6.22. The van der Waals surface area contributed by atoms with Crippen LogP contribution in [0.3, 0.4) is 0 Å². The van der Waals surface area contributed by atoms with Gasteiger partial charge in [0.1, 0.15) is 12.4 Å². The Morgan fingerprint density at radius 2 is 2.17 bits per heavy atom. The van der Waals surface area contributed by atoms with E-state index >= 15 is 0 Å². The average Bonchev–Trinajstić information content (AvgIpc) is 2.91. The number of rotatable bonds is 3. The molecule has 2 heterocycles. The Balaban J connectivity index is 1.61. The first-order valence-corrected chi connectivity index (χ1v) is 6.99. The number of benzene rings is 1. The van der Waals surface area contributed by atoms with Crippen molar-refractivity contribution in [1.29, 1.82) is 0 Å². The van der Waals surface area contributed by atoms with E-state index in [1.165, 1.54) is 29.9 Å². The molecular weight excluding hydrogens is 246 g/mol. The van der Waals surface area contributed by atoms with E-state index in [-0.39, 0.29) is 5.92 Å². The Kier molecular flexibility index (Phi) is 2.26. The van der Waals surface area contributed by atoms with Crippen molar-refractivity contribution in [2.45, 2.75) is 24.8 Å². The predicted molar refractivity (Wildman–Crippen MR) is 70.3 cm³/mol. The second kappa shape index (κ2) is 3.95. The van der Waals surface area contributed by atoms with Crippen molar-refractivity contribution >= 4 is 16.7 Å². The van der Waals surface area contributed by atoms with Gasteiger partial charge in [0.2, 0.25) is 5.13 Å². The standard InChI is InChI=1S/C13H13N3OS/c1-2-4-11-9(3-1)10(7-17-11)12-15-13(18-16-12)14-8-5-6-8/h1-4,8,10H,5-7H2,(H,14,15,16). The number of hydrogen-bond acceptors (Lipinski definition) is 5. The highest BCUT2D eigenvalue weighted by atomic mass is 32.1. The van der Waals surface area contributed by atoms with Gasteiger partial charge in [0, 0.05) is 23.1 Å². The van der Waals surface area contributed by atoms with Crippen LogP contribution in [-0.2, 0) is 0 Å². The number of para-hydroxylation sites is 1. The van der Waals surface area contributed by atoms with Gasteiger partial charge in [-0.05, 0) is 18.9 Å². The molecule has 1 aliphatic carbocycles. The average molecular weight is 259 g/mol. The molecule has 4 nitrogen and oxygen atoms in total. The molecule has 0 radical (unpaired) electrons. The molecule has 1 unspecified atom stereocenters. The maximum Gasteiger partial charge on any atom is 0.202 e. The Morgan fingerprint density at radius 1 is 1.28 bits per heavy atom. The van der Waals surface area contributed by atoms with Gasteiger partial charge in [0.25, 0.3) is 0 Å². The Labute approximate surface area is 109 Å². The van der Waals surface area contributed by atoms with Crippen molar-refractivity contribution in [3.63, 3.8) is 0 Å². The van der Waals surface area contributed by atoms with Crippen molar-refractivity contribution in [2.75, 3.05) is 11.9 Å². The molecule has 1 aromatic carbocycles. The maximum absolute atomic E-state index is 5.67. The van der Waals surface area contributed by atoms with Crippen molar-refractivity contribution in [1.82, 2.24) is 9.36 Å². The van der Waals surface area contributed by atoms with Crippen molar-refractivity contribution in [2.24, 2.45) is 0 Å². The smallest absolute Gasteiger partial charge is 0.202 e. The van der Waals surface area contributed by atoms with E-state index in [0.29, 0.717) is 12.6 Å². The fourth-order valence-electron chi connectivity index (χ4n) is 2.21. The number of nitrogens with zero attached hydrogens (tertiary/aromatic N) is 2. The number of anilines is 1. The third kappa shape index (κ3) is 1.75. The van der Waals surface area contributed by atoms with Gasteiger partial charge in [0.05, 0.1) is 5.92 Å². The van der Waals surface area contributed by atoms with Crippen LogP contribution in [0.1, 0.15) is 30.1 Å². The molecule has 1 aliphatic heterocycles. The third-order valence-electron chi connectivity index (χ3n) is 3.36. The van der Waals surface area contributed by atoms with Gasteiger partial charge in [-0.25, -0.2) is 4.98 Å². The maximum atomic E-state index is 5.67. The number of nitrogens with one attached hydrogen (secondary N) is 1. The summed E-state index contributed by atoms with van der Waals surface area (Å²) in [5.74, 6) is 2.04. The van der Waals surface area contributed by atoms with Crippen LogP contribution in [0, 0.1) is 0 Å². The second-order valence-electron chi connectivity index (χ2n) is 4.78. The van der Waals surface area contributed by atoms with Crippen LogP contribution in [-0.4, -0.2) is 22.0 Å². The van der Waals surface area contributed by atoms with E-state index in [1.807, 2.05) is 18.2 Å². The zero-order valence-corrected chi connectivity index (χ0v) is 10.6. The largest absolute Gasteiger partial charge is 0.492 e. The number of hydrogen-bond donors (Lipinski definition) is 1. The lowest BCUT2D eigenvalue weighted by Crippen LogP contribution is -2.05. The molecule has 0 saturated heterocycles. The zero-order chi connectivity index (χ0) is 11.9. The highest BCUT2D eigenvalue weighted by molar-refractivity contribution is 7.09. The van der Waals surface area contributed by atoms with Crippen LogP contribution in [0.4, 0.5) is 5.13 Å². The van der Waals surface area contributed by atoms with Crippen molar-refractivity contribution in [3.05, 3.63) is 35.7 Å². The summed E-state index contributed by atoms with van der Waals surface area (Å²) in [6, 6.07) is 8.76. The van der Waals surface area contributed by atoms with Crippen LogP contribution >= 0.6 is 11.5 Å². The van der Waals surface area contributed by atoms with Gasteiger partial charge < -0.3 is 10.1 Å². The Bertz CT molecular complexity index is 579. The molecular formula is C13H13N3OS. The molecule has 5 heteroatoms. The summed E-state index contributed by atoms with van der Waals surface area (Å²) in [5.41, 5.74) is 1.20. The lowest BCUT2D eigenvalue weighted by Gasteiger charge is -2.02. The molecule has 1 aromatic heterocycles. The van der Waals surface area contributed by atoms with Gasteiger partial charge in [-0.1, -0.05) is 18.2 Å². The van der Waals surface area contributed by atoms with Crippen LogP contribution in [0.5, 0.6) is 5.75 Å². The fraction of sp³-hybridized carbons (Fsp3) is 0.385. The van der Waals surface area contributed by atoms with Gasteiger partial charge >= 0.3 is 0 Å². The monoisotopic (exact) mass is 259 g/mol. The minimum Gasteiger partial charge on any atom is -0.492 e. The van der Waals surface area contributed by atoms with E-state index in [9.17, 15) is 0 Å². The molecule has 0 bridgehead atoms. The topological polar surface area (TPSA) is 47.0 Å². The van der Waals surface area contributed by atoms with Gasteiger partial charge in [-0.2, -0.15) is 4.37 Å². The van der Waals surface area contributed by atoms with Gasteiger partial charge in [0.15, 0.2) is 5.82 Å². The molecule has 1 fully saturated rings. The van der Waals surface area contributed by atoms with Gasteiger partial charge in [-0.15, -0.1) is 0 Å². The minimum absolute atomic E-state index is 0.187. The SMILES string of the molecule is c1ccc2c(c1)OCC2c1nsc(NC2CC2)n1. The first-order chi connectivity index (χ1) is 8.90. The zero-order valence-electron chi connectivity index (χ0n) is 9.80. The van der Waals surface area contributed by atoms with Crippen LogP contribution in [0.25, 0.3) is 0 Å². The molecule has 18 heavy (non-hydrogen) atoms. The van der Waals surface area contributed by atoms with Crippen molar-refractivity contribution < 1.29 is 4.74 Å². The van der Waals surface area contributed by atoms with E-state index in [0.717, 1.165) is 16.7 Å². The summed E-state index contributed by atoms with van der Waals surface area (Å²) in [5, 5.41) is 4.33. The van der Waals surface area contributed by atoms with E-state index in [1.54, 1.807) is 0 Å². The summed E-state index contributed by atoms with van der Waals surface area (Å²) in [6.07, 6.45) is 2.51. The normalized spacial score (nSPS) is 21.4. The minimum atomic E-state index is 0.187. The van der Waals surface area contributed by atoms with E-state index < -0.39 is 0 Å². The van der Waals surface area contributed by atoms with Gasteiger partial charge in [-0.3, -0.25) is 0 Å². The van der Waals surface area contributed by atoms with Crippen LogP contribution in [0.2, 0.25) is 0 Å². The summed E-state index contributed by atoms with van der Waals surface area (Å²) >= 11 is 1.45. The molecule has 4 rings (SSSR count). The lowest BCUT2D eigenvalue weighted by atomic mass is 10.0. The second-order valence-corrected chi connectivity index (χ2v) is 5.53. The molecule has 92 valence electrons. The summed E-state index contributed by atoms with van der Waals surface area (Å²) in [6.45, 7) is 0.652. The predicted octanol–water partition coefficient (Wildman–Crippen LogP) is 2.64. The number of aromatic nitrogens is 2. The molecule has 1 atom stereocenters. The highest BCUT2D eigenvalue weighted by Crippen LogP contribution is 2.37. The Hall–Kier alpha value is -1.62. The molecule has 1 N–H and O–H groups in total. The summed E-state index contributed by atoms with van der Waals surface area (Å²) in [4.78, 5) is 4.59. The first kappa shape index (κ1) is 10.3. The quantitative estimate of drug-likeness (QED) is 0.920. The van der Waals surface area contributed by atoms with E-state index in [2.05, 4.69) is 20.7 Å². The number of fused-ring (bicyclic) bond motifs is 1. The summed E-state index contributed by atoms with van der Waals surface area (Å²) in [7, 11) is 0. The molecule has 2 aliphatic rings.